The summed E-state index contributed by atoms with van der Waals surface area (Å²) in [5, 5.41) is 12.5. The molecule has 4 aliphatic carbocycles. The highest BCUT2D eigenvalue weighted by atomic mass is 16.6. The van der Waals surface area contributed by atoms with E-state index in [1.165, 1.54) is 0 Å². The molecule has 4 bridgehead atoms. The Hall–Kier alpha value is -2.82. The van der Waals surface area contributed by atoms with E-state index in [0.29, 0.717) is 30.4 Å². The highest BCUT2D eigenvalue weighted by molar-refractivity contribution is 5.81. The van der Waals surface area contributed by atoms with Gasteiger partial charge in [-0.05, 0) is 68.4 Å². The molecule has 1 aromatic heterocycles. The maximum Gasteiger partial charge on any atom is 0.410 e. The predicted molar refractivity (Wildman–Crippen MR) is 108 cm³/mol. The van der Waals surface area contributed by atoms with Gasteiger partial charge in [-0.15, -0.1) is 0 Å². The molecule has 1 saturated heterocycles. The summed E-state index contributed by atoms with van der Waals surface area (Å²) in [6.07, 6.45) is 6.54. The molecule has 3 N–H and O–H groups in total. The molecular formula is C22H27N5O3. The summed E-state index contributed by atoms with van der Waals surface area (Å²) in [5.41, 5.74) is 5.87. The van der Waals surface area contributed by atoms with E-state index in [1.54, 1.807) is 23.2 Å². The van der Waals surface area contributed by atoms with Gasteiger partial charge in [0.25, 0.3) is 0 Å². The molecule has 4 saturated carbocycles. The van der Waals surface area contributed by atoms with Gasteiger partial charge in [0.1, 0.15) is 18.0 Å². The van der Waals surface area contributed by atoms with Crippen molar-refractivity contribution in [3.05, 3.63) is 23.9 Å². The zero-order valence-electron chi connectivity index (χ0n) is 16.9. The normalized spacial score (nSPS) is 36.4. The van der Waals surface area contributed by atoms with Crippen molar-refractivity contribution in [1.82, 2.24) is 9.88 Å². The molecule has 1 aromatic rings. The number of nitriles is 1. The van der Waals surface area contributed by atoms with Gasteiger partial charge in [-0.1, -0.05) is 0 Å². The fraction of sp³-hybridized carbons (Fsp3) is 0.636. The third-order valence-electron chi connectivity index (χ3n) is 7.66. The van der Waals surface area contributed by atoms with E-state index in [0.717, 1.165) is 38.5 Å². The van der Waals surface area contributed by atoms with Crippen LogP contribution in [0.15, 0.2) is 18.3 Å². The first-order chi connectivity index (χ1) is 14.5. The SMILES string of the molecule is N#Cc1cccnc1N[C@@H]1CCN(C(=O)OC2C3CC4CC2CC(C(N)=O)(C4)C3)C1. The van der Waals surface area contributed by atoms with Gasteiger partial charge in [0.05, 0.1) is 11.0 Å². The Kier molecular flexibility index (Phi) is 4.57. The number of nitrogens with one attached hydrogen (secondary N) is 1. The van der Waals surface area contributed by atoms with Gasteiger partial charge < -0.3 is 20.7 Å². The molecule has 6 rings (SSSR count). The van der Waals surface area contributed by atoms with Crippen molar-refractivity contribution >= 4 is 17.8 Å². The maximum atomic E-state index is 12.9. The van der Waals surface area contributed by atoms with Crippen LogP contribution in [-0.2, 0) is 9.53 Å². The Labute approximate surface area is 175 Å². The lowest BCUT2D eigenvalue weighted by molar-refractivity contribution is -0.161. The molecule has 8 nitrogen and oxygen atoms in total. The van der Waals surface area contributed by atoms with Gasteiger partial charge in [-0.3, -0.25) is 4.79 Å². The second kappa shape index (κ2) is 7.15. The number of aromatic nitrogens is 1. The van der Waals surface area contributed by atoms with Gasteiger partial charge in [0, 0.05) is 25.3 Å². The second-order valence-corrected chi connectivity index (χ2v) is 9.55. The van der Waals surface area contributed by atoms with Crippen LogP contribution in [0.2, 0.25) is 0 Å². The van der Waals surface area contributed by atoms with Crippen molar-refractivity contribution in [1.29, 1.82) is 5.26 Å². The fourth-order valence-electron chi connectivity index (χ4n) is 6.51. The number of hydrogen-bond donors (Lipinski definition) is 2. The smallest absolute Gasteiger partial charge is 0.410 e. The molecule has 2 heterocycles. The largest absolute Gasteiger partial charge is 0.446 e. The molecule has 0 radical (unpaired) electrons. The molecule has 2 unspecified atom stereocenters. The minimum atomic E-state index is -0.372. The Morgan fingerprint density at radius 2 is 2.07 bits per heavy atom. The number of rotatable bonds is 4. The number of amides is 2. The topological polar surface area (TPSA) is 121 Å². The summed E-state index contributed by atoms with van der Waals surface area (Å²) in [7, 11) is 0. The summed E-state index contributed by atoms with van der Waals surface area (Å²) in [6, 6.07) is 5.63. The molecule has 5 fully saturated rings. The summed E-state index contributed by atoms with van der Waals surface area (Å²) in [6.45, 7) is 1.14. The molecule has 0 spiro atoms. The number of nitrogens with zero attached hydrogens (tertiary/aromatic N) is 3. The highest BCUT2D eigenvalue weighted by Gasteiger charge is 2.59. The number of anilines is 1. The van der Waals surface area contributed by atoms with E-state index in [2.05, 4.69) is 16.4 Å². The molecule has 1 aliphatic heterocycles. The number of ether oxygens (including phenoxy) is 1. The lowest BCUT2D eigenvalue weighted by Crippen LogP contribution is -2.59. The summed E-state index contributed by atoms with van der Waals surface area (Å²) < 4.78 is 6.02. The standard InChI is InChI=1S/C22H27N5O3/c23-11-14-2-1-4-25-19(14)26-17-3-5-27(12-17)21(29)30-18-15-6-13-7-16(18)10-22(8-13,9-15)20(24)28/h1-2,4,13,15-18H,3,5-10,12H2,(H2,24,28)(H,25,26)/t13?,15?,16?,17-,18?,22?/m1/s1. The van der Waals surface area contributed by atoms with Crippen LogP contribution in [0.25, 0.3) is 0 Å². The van der Waals surface area contributed by atoms with Crippen LogP contribution in [0.5, 0.6) is 0 Å². The number of nitrogens with two attached hydrogens (primary N) is 1. The van der Waals surface area contributed by atoms with Crippen molar-refractivity contribution in [3.63, 3.8) is 0 Å². The summed E-state index contributed by atoms with van der Waals surface area (Å²) >= 11 is 0. The highest BCUT2D eigenvalue weighted by Crippen LogP contribution is 2.60. The third kappa shape index (κ3) is 3.17. The van der Waals surface area contributed by atoms with Crippen molar-refractivity contribution in [2.45, 2.75) is 50.7 Å². The first kappa shape index (κ1) is 19.2. The average Bonchev–Trinajstić information content (AvgIpc) is 3.19. The van der Waals surface area contributed by atoms with Crippen LogP contribution >= 0.6 is 0 Å². The van der Waals surface area contributed by atoms with Gasteiger partial charge in [0.2, 0.25) is 5.91 Å². The van der Waals surface area contributed by atoms with E-state index >= 15 is 0 Å². The zero-order valence-corrected chi connectivity index (χ0v) is 16.9. The van der Waals surface area contributed by atoms with E-state index in [1.807, 2.05) is 0 Å². The summed E-state index contributed by atoms with van der Waals surface area (Å²) in [5.74, 6) is 1.41. The van der Waals surface area contributed by atoms with Crippen LogP contribution in [0.1, 0.15) is 44.1 Å². The second-order valence-electron chi connectivity index (χ2n) is 9.55. The lowest BCUT2D eigenvalue weighted by atomic mass is 9.48. The first-order valence-corrected chi connectivity index (χ1v) is 10.8. The van der Waals surface area contributed by atoms with Crippen molar-refractivity contribution in [2.75, 3.05) is 18.4 Å². The van der Waals surface area contributed by atoms with E-state index in [-0.39, 0.29) is 41.4 Å². The Morgan fingerprint density at radius 1 is 1.30 bits per heavy atom. The summed E-state index contributed by atoms with van der Waals surface area (Å²) in [4.78, 5) is 31.0. The molecule has 0 aromatic carbocycles. The number of carbonyl (C=O) groups is 2. The number of likely N-dealkylation sites (tertiary alicyclic amines) is 1. The quantitative estimate of drug-likeness (QED) is 0.787. The average molecular weight is 409 g/mol. The molecule has 2 amide bonds. The van der Waals surface area contributed by atoms with Crippen LogP contribution in [0, 0.1) is 34.5 Å². The molecule has 3 atom stereocenters. The van der Waals surface area contributed by atoms with Gasteiger partial charge >= 0.3 is 6.09 Å². The van der Waals surface area contributed by atoms with Crippen LogP contribution in [0.4, 0.5) is 10.6 Å². The zero-order chi connectivity index (χ0) is 20.9. The van der Waals surface area contributed by atoms with Crippen LogP contribution < -0.4 is 11.1 Å². The van der Waals surface area contributed by atoms with E-state index in [9.17, 15) is 14.9 Å². The lowest BCUT2D eigenvalue weighted by Gasteiger charge is -2.58. The Morgan fingerprint density at radius 3 is 2.77 bits per heavy atom. The van der Waals surface area contributed by atoms with E-state index < -0.39 is 0 Å². The van der Waals surface area contributed by atoms with Gasteiger partial charge in [-0.2, -0.15) is 5.26 Å². The van der Waals surface area contributed by atoms with Crippen molar-refractivity contribution in [2.24, 2.45) is 28.9 Å². The first-order valence-electron chi connectivity index (χ1n) is 10.8. The molecule has 5 aliphatic rings. The van der Waals surface area contributed by atoms with E-state index in [4.69, 9.17) is 10.5 Å². The van der Waals surface area contributed by atoms with Crippen molar-refractivity contribution < 1.29 is 14.3 Å². The molecule has 158 valence electrons. The van der Waals surface area contributed by atoms with Crippen molar-refractivity contribution in [3.8, 4) is 6.07 Å². The van der Waals surface area contributed by atoms with Crippen LogP contribution in [0.3, 0.4) is 0 Å². The number of pyridine rings is 1. The molecule has 30 heavy (non-hydrogen) atoms. The van der Waals surface area contributed by atoms with Gasteiger partial charge in [-0.25, -0.2) is 9.78 Å². The minimum absolute atomic E-state index is 0.0381. The van der Waals surface area contributed by atoms with Gasteiger partial charge in [0.15, 0.2) is 0 Å². The predicted octanol–water partition coefficient (Wildman–Crippen LogP) is 2.26. The van der Waals surface area contributed by atoms with Crippen LogP contribution in [-0.4, -0.2) is 47.1 Å². The number of hydrogen-bond acceptors (Lipinski definition) is 6. The Bertz CT molecular complexity index is 896. The number of carbonyl (C=O) groups excluding carboxylic acids is 2. The molecule has 8 heteroatoms. The number of primary amides is 1. The monoisotopic (exact) mass is 409 g/mol. The minimum Gasteiger partial charge on any atom is -0.446 e. The third-order valence-corrected chi connectivity index (χ3v) is 7.66. The maximum absolute atomic E-state index is 12.9. The Balaban J connectivity index is 1.20. The fourth-order valence-corrected chi connectivity index (χ4v) is 6.51. The molecular weight excluding hydrogens is 382 g/mol.